The van der Waals surface area contributed by atoms with E-state index in [0.29, 0.717) is 17.9 Å². The van der Waals surface area contributed by atoms with Gasteiger partial charge in [0.15, 0.2) is 0 Å². The molecule has 0 saturated carbocycles. The van der Waals surface area contributed by atoms with Crippen LogP contribution in [0.15, 0.2) is 18.2 Å². The lowest BCUT2D eigenvalue weighted by Gasteiger charge is -2.13. The molecule has 0 aromatic heterocycles. The minimum atomic E-state index is -3.47. The van der Waals surface area contributed by atoms with Crippen molar-refractivity contribution in [3.8, 4) is 0 Å². The van der Waals surface area contributed by atoms with Crippen molar-refractivity contribution in [1.82, 2.24) is 0 Å². The van der Waals surface area contributed by atoms with Crippen LogP contribution in [-0.2, 0) is 14.8 Å². The number of hydrogen-bond donors (Lipinski definition) is 2. The van der Waals surface area contributed by atoms with Gasteiger partial charge >= 0.3 is 0 Å². The molecule has 1 aromatic carbocycles. The predicted octanol–water partition coefficient (Wildman–Crippen LogP) is 1.41. The van der Waals surface area contributed by atoms with Crippen LogP contribution in [0.1, 0.15) is 18.1 Å². The van der Waals surface area contributed by atoms with E-state index < -0.39 is 10.0 Å². The van der Waals surface area contributed by atoms with Crippen LogP contribution in [0, 0.1) is 6.92 Å². The fourth-order valence-corrected chi connectivity index (χ4v) is 2.83. The molecule has 0 spiro atoms. The Bertz CT molecular complexity index is 556. The number of hydrogen-bond acceptors (Lipinski definition) is 4. The number of sulfonamides is 1. The van der Waals surface area contributed by atoms with E-state index in [1.54, 1.807) is 12.1 Å². The van der Waals surface area contributed by atoms with Crippen molar-refractivity contribution in [1.29, 1.82) is 0 Å². The van der Waals surface area contributed by atoms with E-state index in [0.717, 1.165) is 5.56 Å². The van der Waals surface area contributed by atoms with Crippen molar-refractivity contribution in [2.45, 2.75) is 13.8 Å². The van der Waals surface area contributed by atoms with Crippen molar-refractivity contribution >= 4 is 32.9 Å². The van der Waals surface area contributed by atoms with Gasteiger partial charge in [0.1, 0.15) is 4.99 Å². The van der Waals surface area contributed by atoms with Crippen LogP contribution in [0.2, 0.25) is 0 Å². The number of benzene rings is 1. The van der Waals surface area contributed by atoms with Crippen LogP contribution in [0.3, 0.4) is 0 Å². The number of anilines is 1. The first kappa shape index (κ1) is 15.9. The molecule has 0 aliphatic carbocycles. The molecule has 7 heteroatoms. The Morgan fingerprint density at radius 3 is 2.74 bits per heavy atom. The van der Waals surface area contributed by atoms with Crippen LogP contribution >= 0.6 is 12.2 Å². The highest BCUT2D eigenvalue weighted by Crippen LogP contribution is 2.20. The van der Waals surface area contributed by atoms with Crippen LogP contribution < -0.4 is 10.5 Å². The second kappa shape index (κ2) is 6.83. The molecule has 0 amide bonds. The Labute approximate surface area is 119 Å². The maximum atomic E-state index is 11.9. The zero-order valence-corrected chi connectivity index (χ0v) is 12.6. The molecule has 0 fully saturated rings. The van der Waals surface area contributed by atoms with E-state index in [2.05, 4.69) is 4.72 Å². The Hall–Kier alpha value is -1.18. The summed E-state index contributed by atoms with van der Waals surface area (Å²) in [5, 5.41) is 0. The number of aryl methyl sites for hydroxylation is 1. The summed E-state index contributed by atoms with van der Waals surface area (Å²) in [6.07, 6.45) is 0. The molecule has 3 N–H and O–H groups in total. The fraction of sp³-hybridized carbons (Fsp3) is 0.417. The topological polar surface area (TPSA) is 81.4 Å². The summed E-state index contributed by atoms with van der Waals surface area (Å²) in [5.41, 5.74) is 7.42. The summed E-state index contributed by atoms with van der Waals surface area (Å²) in [7, 11) is -3.47. The molecule has 0 unspecified atom stereocenters. The van der Waals surface area contributed by atoms with Gasteiger partial charge in [0.05, 0.1) is 18.0 Å². The maximum absolute atomic E-state index is 11.9. The van der Waals surface area contributed by atoms with Gasteiger partial charge in [-0.1, -0.05) is 24.4 Å². The van der Waals surface area contributed by atoms with E-state index in [-0.39, 0.29) is 17.3 Å². The zero-order valence-electron chi connectivity index (χ0n) is 11.0. The first-order chi connectivity index (χ1) is 8.87. The van der Waals surface area contributed by atoms with Gasteiger partial charge in [-0.2, -0.15) is 0 Å². The summed E-state index contributed by atoms with van der Waals surface area (Å²) in [4.78, 5) is 0.167. The monoisotopic (exact) mass is 302 g/mol. The Morgan fingerprint density at radius 2 is 2.16 bits per heavy atom. The third-order valence-corrected chi connectivity index (χ3v) is 3.92. The van der Waals surface area contributed by atoms with Gasteiger partial charge in [-0.3, -0.25) is 4.72 Å². The summed E-state index contributed by atoms with van der Waals surface area (Å²) in [6, 6.07) is 5.21. The molecule has 0 heterocycles. The molecule has 0 aliphatic rings. The van der Waals surface area contributed by atoms with E-state index >= 15 is 0 Å². The lowest BCUT2D eigenvalue weighted by molar-refractivity contribution is 0.163. The SMILES string of the molecule is CCOCCS(=O)(=O)Nc1cccc(C)c1C(N)=S. The molecular formula is C12H18N2O3S2. The second-order valence-electron chi connectivity index (χ2n) is 3.98. The summed E-state index contributed by atoms with van der Waals surface area (Å²) in [5.74, 6) is -0.106. The highest BCUT2D eigenvalue weighted by molar-refractivity contribution is 7.92. The Kier molecular flexibility index (Phi) is 5.71. The number of ether oxygens (including phenoxy) is 1. The lowest BCUT2D eigenvalue weighted by atomic mass is 10.1. The van der Waals surface area contributed by atoms with Gasteiger partial charge in [0.25, 0.3) is 0 Å². The average Bonchev–Trinajstić information content (AvgIpc) is 2.27. The quantitative estimate of drug-likeness (QED) is 0.588. The number of nitrogens with two attached hydrogens (primary N) is 1. The van der Waals surface area contributed by atoms with E-state index in [9.17, 15) is 8.42 Å². The van der Waals surface area contributed by atoms with Crippen LogP contribution in [0.5, 0.6) is 0 Å². The van der Waals surface area contributed by atoms with Crippen LogP contribution in [-0.4, -0.2) is 32.4 Å². The lowest BCUT2D eigenvalue weighted by Crippen LogP contribution is -2.23. The molecule has 0 bridgehead atoms. The molecule has 106 valence electrons. The highest BCUT2D eigenvalue weighted by atomic mass is 32.2. The van der Waals surface area contributed by atoms with Gasteiger partial charge < -0.3 is 10.5 Å². The second-order valence-corrected chi connectivity index (χ2v) is 6.26. The summed E-state index contributed by atoms with van der Waals surface area (Å²) in [6.45, 7) is 4.27. The van der Waals surface area contributed by atoms with E-state index in [1.807, 2.05) is 19.9 Å². The standard InChI is InChI=1S/C12H18N2O3S2/c1-3-17-7-8-19(15,16)14-10-6-4-5-9(2)11(10)12(13)18/h4-6,14H,3,7-8H2,1-2H3,(H2,13,18). The molecule has 0 aliphatic heterocycles. The Morgan fingerprint density at radius 1 is 1.47 bits per heavy atom. The normalized spacial score (nSPS) is 11.3. The summed E-state index contributed by atoms with van der Waals surface area (Å²) >= 11 is 4.95. The number of rotatable bonds is 7. The molecule has 1 aromatic rings. The van der Waals surface area contributed by atoms with Crippen molar-refractivity contribution in [3.63, 3.8) is 0 Å². The smallest absolute Gasteiger partial charge is 0.235 e. The van der Waals surface area contributed by atoms with Crippen molar-refractivity contribution < 1.29 is 13.2 Å². The predicted molar refractivity (Wildman–Crippen MR) is 81.0 cm³/mol. The zero-order chi connectivity index (χ0) is 14.5. The van der Waals surface area contributed by atoms with Gasteiger partial charge in [-0.25, -0.2) is 8.42 Å². The average molecular weight is 302 g/mol. The third kappa shape index (κ3) is 4.77. The van der Waals surface area contributed by atoms with Crippen molar-refractivity contribution in [2.24, 2.45) is 5.73 Å². The molecular weight excluding hydrogens is 284 g/mol. The molecule has 0 saturated heterocycles. The third-order valence-electron chi connectivity index (χ3n) is 2.49. The van der Waals surface area contributed by atoms with Crippen molar-refractivity contribution in [2.75, 3.05) is 23.7 Å². The maximum Gasteiger partial charge on any atom is 0.235 e. The molecule has 5 nitrogen and oxygen atoms in total. The van der Waals surface area contributed by atoms with E-state index in [1.165, 1.54) is 0 Å². The largest absolute Gasteiger partial charge is 0.389 e. The van der Waals surface area contributed by atoms with E-state index in [4.69, 9.17) is 22.7 Å². The first-order valence-corrected chi connectivity index (χ1v) is 7.91. The summed E-state index contributed by atoms with van der Waals surface area (Å²) < 4.78 is 31.3. The van der Waals surface area contributed by atoms with Gasteiger partial charge in [-0.05, 0) is 25.5 Å². The highest BCUT2D eigenvalue weighted by Gasteiger charge is 2.15. The molecule has 1 rings (SSSR count). The number of nitrogens with one attached hydrogen (secondary N) is 1. The molecule has 19 heavy (non-hydrogen) atoms. The van der Waals surface area contributed by atoms with Gasteiger partial charge in [0.2, 0.25) is 10.0 Å². The van der Waals surface area contributed by atoms with Crippen LogP contribution in [0.25, 0.3) is 0 Å². The number of thiocarbonyl (C=S) groups is 1. The van der Waals surface area contributed by atoms with Crippen molar-refractivity contribution in [3.05, 3.63) is 29.3 Å². The minimum Gasteiger partial charge on any atom is -0.389 e. The van der Waals surface area contributed by atoms with Crippen LogP contribution in [0.4, 0.5) is 5.69 Å². The molecule has 0 atom stereocenters. The first-order valence-electron chi connectivity index (χ1n) is 5.85. The molecule has 0 radical (unpaired) electrons. The Balaban J connectivity index is 2.93. The van der Waals surface area contributed by atoms with Gasteiger partial charge in [-0.15, -0.1) is 0 Å². The van der Waals surface area contributed by atoms with Gasteiger partial charge in [0, 0.05) is 12.2 Å². The minimum absolute atomic E-state index is 0.106. The fourth-order valence-electron chi connectivity index (χ4n) is 1.61.